The van der Waals surface area contributed by atoms with E-state index in [2.05, 4.69) is 4.98 Å². The van der Waals surface area contributed by atoms with Gasteiger partial charge < -0.3 is 18.9 Å². The van der Waals surface area contributed by atoms with E-state index < -0.39 is 0 Å². The van der Waals surface area contributed by atoms with E-state index in [1.54, 1.807) is 38.3 Å². The predicted molar refractivity (Wildman–Crippen MR) is 120 cm³/mol. The SMILES string of the molecule is COc1ccc(CCN(C)C(=O)c2cn3c(n2)CC[C@@H](c2cccc(F)c2)C3)cc1OC. The molecule has 2 aromatic carbocycles. The van der Waals surface area contributed by atoms with Gasteiger partial charge >= 0.3 is 0 Å². The van der Waals surface area contributed by atoms with Crippen LogP contribution < -0.4 is 9.47 Å². The van der Waals surface area contributed by atoms with E-state index in [1.165, 1.54) is 6.07 Å². The van der Waals surface area contributed by atoms with Gasteiger partial charge in [-0.15, -0.1) is 0 Å². The van der Waals surface area contributed by atoms with E-state index in [1.807, 2.05) is 35.0 Å². The van der Waals surface area contributed by atoms with Gasteiger partial charge in [-0.1, -0.05) is 18.2 Å². The van der Waals surface area contributed by atoms with Crippen LogP contribution in [0, 0.1) is 5.82 Å². The van der Waals surface area contributed by atoms with E-state index in [9.17, 15) is 9.18 Å². The number of halogens is 1. The molecular weight excluding hydrogens is 409 g/mol. The minimum absolute atomic E-state index is 0.102. The van der Waals surface area contributed by atoms with Crippen molar-refractivity contribution < 1.29 is 18.7 Å². The number of ether oxygens (including phenoxy) is 2. The highest BCUT2D eigenvalue weighted by Crippen LogP contribution is 2.30. The molecule has 4 rings (SSSR count). The van der Waals surface area contributed by atoms with E-state index >= 15 is 0 Å². The maximum absolute atomic E-state index is 13.6. The molecular formula is C25H28FN3O3. The molecule has 0 saturated carbocycles. The normalized spacial score (nSPS) is 15.2. The molecule has 32 heavy (non-hydrogen) atoms. The number of hydrogen-bond donors (Lipinski definition) is 0. The molecule has 0 fully saturated rings. The molecule has 1 aliphatic rings. The maximum atomic E-state index is 13.6. The fourth-order valence-corrected chi connectivity index (χ4v) is 4.21. The average molecular weight is 438 g/mol. The highest BCUT2D eigenvalue weighted by Gasteiger charge is 2.24. The first-order chi connectivity index (χ1) is 15.5. The summed E-state index contributed by atoms with van der Waals surface area (Å²) < 4.78 is 26.3. The molecule has 0 bridgehead atoms. The second-order valence-corrected chi connectivity index (χ2v) is 8.15. The Morgan fingerprint density at radius 1 is 1.19 bits per heavy atom. The van der Waals surface area contributed by atoms with Crippen LogP contribution in [0.1, 0.15) is 39.8 Å². The number of imidazole rings is 1. The monoisotopic (exact) mass is 437 g/mol. The summed E-state index contributed by atoms with van der Waals surface area (Å²) in [6.45, 7) is 1.26. The number of aryl methyl sites for hydroxylation is 1. The lowest BCUT2D eigenvalue weighted by Crippen LogP contribution is -2.29. The third-order valence-electron chi connectivity index (χ3n) is 6.06. The number of fused-ring (bicyclic) bond motifs is 1. The van der Waals surface area contributed by atoms with Gasteiger partial charge in [0.25, 0.3) is 5.91 Å². The summed E-state index contributed by atoms with van der Waals surface area (Å²) in [5.74, 6) is 2.17. The molecule has 7 heteroatoms. The van der Waals surface area contributed by atoms with Crippen molar-refractivity contribution in [2.75, 3.05) is 27.8 Å². The minimum atomic E-state index is -0.217. The summed E-state index contributed by atoms with van der Waals surface area (Å²) in [6.07, 6.45) is 4.18. The van der Waals surface area contributed by atoms with Crippen molar-refractivity contribution in [3.8, 4) is 11.5 Å². The van der Waals surface area contributed by atoms with E-state index in [0.29, 0.717) is 36.7 Å². The van der Waals surface area contributed by atoms with Crippen LogP contribution in [-0.2, 0) is 19.4 Å². The van der Waals surface area contributed by atoms with Gasteiger partial charge in [0.2, 0.25) is 0 Å². The lowest BCUT2D eigenvalue weighted by molar-refractivity contribution is 0.0791. The second kappa shape index (κ2) is 9.42. The zero-order chi connectivity index (χ0) is 22.7. The van der Waals surface area contributed by atoms with Gasteiger partial charge in [-0.3, -0.25) is 4.79 Å². The van der Waals surface area contributed by atoms with E-state index in [0.717, 1.165) is 29.8 Å². The van der Waals surface area contributed by atoms with Crippen LogP contribution in [0.4, 0.5) is 4.39 Å². The molecule has 2 heterocycles. The zero-order valence-corrected chi connectivity index (χ0v) is 18.7. The fourth-order valence-electron chi connectivity index (χ4n) is 4.21. The van der Waals surface area contributed by atoms with E-state index in [-0.39, 0.29) is 17.6 Å². The molecule has 0 N–H and O–H groups in total. The van der Waals surface area contributed by atoms with Gasteiger partial charge in [0.15, 0.2) is 11.5 Å². The number of methoxy groups -OCH3 is 2. The number of hydrogen-bond acceptors (Lipinski definition) is 4. The predicted octanol–water partition coefficient (Wildman–Crippen LogP) is 4.08. The molecule has 0 aliphatic carbocycles. The third kappa shape index (κ3) is 4.61. The summed E-state index contributed by atoms with van der Waals surface area (Å²) in [7, 11) is 5.00. The number of rotatable bonds is 7. The summed E-state index contributed by atoms with van der Waals surface area (Å²) >= 11 is 0. The molecule has 0 saturated heterocycles. The highest BCUT2D eigenvalue weighted by atomic mass is 19.1. The molecule has 1 aromatic heterocycles. The highest BCUT2D eigenvalue weighted by molar-refractivity contribution is 5.92. The standard InChI is InChI=1S/C25H28FN3O3/c1-28(12-11-17-7-9-22(31-2)23(13-17)32-3)25(30)21-16-29-15-19(8-10-24(29)27-21)18-5-4-6-20(26)14-18/h4-7,9,13-14,16,19H,8,10-12,15H2,1-3H3/t19-/m1/s1. The van der Waals surface area contributed by atoms with Gasteiger partial charge in [0, 0.05) is 38.7 Å². The molecule has 3 aromatic rings. The number of carbonyl (C=O) groups is 1. The Balaban J connectivity index is 1.40. The first kappa shape index (κ1) is 21.9. The average Bonchev–Trinajstić information content (AvgIpc) is 3.25. The molecule has 1 aliphatic heterocycles. The topological polar surface area (TPSA) is 56.6 Å². The van der Waals surface area contributed by atoms with Crippen LogP contribution >= 0.6 is 0 Å². The van der Waals surface area contributed by atoms with Crippen molar-refractivity contribution in [3.63, 3.8) is 0 Å². The summed E-state index contributed by atoms with van der Waals surface area (Å²) in [5.41, 5.74) is 2.50. The van der Waals surface area contributed by atoms with Crippen molar-refractivity contribution in [2.45, 2.75) is 31.7 Å². The summed E-state index contributed by atoms with van der Waals surface area (Å²) in [4.78, 5) is 19.2. The van der Waals surface area contributed by atoms with Crippen LogP contribution in [0.5, 0.6) is 11.5 Å². The molecule has 1 atom stereocenters. The van der Waals surface area contributed by atoms with Crippen LogP contribution in [0.25, 0.3) is 0 Å². The second-order valence-electron chi connectivity index (χ2n) is 8.15. The molecule has 168 valence electrons. The number of benzene rings is 2. The van der Waals surface area contributed by atoms with Crippen LogP contribution in [-0.4, -0.2) is 48.2 Å². The fraction of sp³-hybridized carbons (Fsp3) is 0.360. The minimum Gasteiger partial charge on any atom is -0.493 e. The van der Waals surface area contributed by atoms with Crippen LogP contribution in [0.3, 0.4) is 0 Å². The van der Waals surface area contributed by atoms with Gasteiger partial charge in [0.05, 0.1) is 14.2 Å². The lowest BCUT2D eigenvalue weighted by Gasteiger charge is -2.24. The number of likely N-dealkylation sites (N-methyl/N-ethyl adjacent to an activating group) is 1. The summed E-state index contributed by atoms with van der Waals surface area (Å²) in [5, 5.41) is 0. The number of carbonyl (C=O) groups excluding carboxylic acids is 1. The zero-order valence-electron chi connectivity index (χ0n) is 18.7. The van der Waals surface area contributed by atoms with Gasteiger partial charge in [-0.25, -0.2) is 9.37 Å². The first-order valence-corrected chi connectivity index (χ1v) is 10.8. The summed E-state index contributed by atoms with van der Waals surface area (Å²) in [6, 6.07) is 12.5. The van der Waals surface area contributed by atoms with Crippen molar-refractivity contribution in [3.05, 3.63) is 77.1 Å². The molecule has 0 unspecified atom stereocenters. The van der Waals surface area contributed by atoms with Crippen molar-refractivity contribution >= 4 is 5.91 Å². The van der Waals surface area contributed by atoms with Crippen molar-refractivity contribution in [2.24, 2.45) is 0 Å². The Morgan fingerprint density at radius 3 is 2.75 bits per heavy atom. The Labute approximate surface area is 187 Å². The van der Waals surface area contributed by atoms with Gasteiger partial charge in [-0.2, -0.15) is 0 Å². The molecule has 0 spiro atoms. The van der Waals surface area contributed by atoms with Crippen LogP contribution in [0.15, 0.2) is 48.7 Å². The number of aromatic nitrogens is 2. The lowest BCUT2D eigenvalue weighted by atomic mass is 9.91. The first-order valence-electron chi connectivity index (χ1n) is 10.8. The number of nitrogens with zero attached hydrogens (tertiary/aromatic N) is 3. The van der Waals surface area contributed by atoms with Crippen molar-refractivity contribution in [1.29, 1.82) is 0 Å². The Bertz CT molecular complexity index is 1110. The van der Waals surface area contributed by atoms with Gasteiger partial charge in [0.1, 0.15) is 17.3 Å². The smallest absolute Gasteiger partial charge is 0.273 e. The van der Waals surface area contributed by atoms with Crippen molar-refractivity contribution in [1.82, 2.24) is 14.5 Å². The molecule has 6 nitrogen and oxygen atoms in total. The Hall–Kier alpha value is -3.35. The quantitative estimate of drug-likeness (QED) is 0.559. The van der Waals surface area contributed by atoms with E-state index in [4.69, 9.17) is 9.47 Å². The molecule has 0 radical (unpaired) electrons. The number of amides is 1. The maximum Gasteiger partial charge on any atom is 0.273 e. The third-order valence-corrected chi connectivity index (χ3v) is 6.06. The Morgan fingerprint density at radius 2 is 2.00 bits per heavy atom. The Kier molecular flexibility index (Phi) is 6.44. The van der Waals surface area contributed by atoms with Crippen LogP contribution in [0.2, 0.25) is 0 Å². The van der Waals surface area contributed by atoms with Gasteiger partial charge in [-0.05, 0) is 48.2 Å². The largest absolute Gasteiger partial charge is 0.493 e. The molecule has 1 amide bonds.